The zero-order valence-corrected chi connectivity index (χ0v) is 13.6. The van der Waals surface area contributed by atoms with Crippen LogP contribution in [0.25, 0.3) is 6.08 Å². The lowest BCUT2D eigenvalue weighted by molar-refractivity contribution is -0.113. The Morgan fingerprint density at radius 3 is 2.54 bits per heavy atom. The molecule has 1 heterocycles. The van der Waals surface area contributed by atoms with E-state index in [0.29, 0.717) is 22.1 Å². The van der Waals surface area contributed by atoms with Crippen molar-refractivity contribution in [1.29, 1.82) is 0 Å². The van der Waals surface area contributed by atoms with Gasteiger partial charge >= 0.3 is 5.97 Å². The number of rotatable bonds is 3. The van der Waals surface area contributed by atoms with Crippen molar-refractivity contribution in [2.24, 2.45) is 0 Å². The molecule has 0 radical (unpaired) electrons. The number of carboxylic acids is 1. The number of hydrogen-bond acceptors (Lipinski definition) is 3. The van der Waals surface area contributed by atoms with E-state index >= 15 is 0 Å². The molecular formula is C18H14N2O3S. The summed E-state index contributed by atoms with van der Waals surface area (Å²) >= 11 is 5.27. The van der Waals surface area contributed by atoms with E-state index in [2.05, 4.69) is 5.32 Å². The van der Waals surface area contributed by atoms with Crippen LogP contribution >= 0.6 is 12.2 Å². The predicted octanol–water partition coefficient (Wildman–Crippen LogP) is 2.96. The number of benzene rings is 2. The van der Waals surface area contributed by atoms with Crippen molar-refractivity contribution < 1.29 is 14.7 Å². The highest BCUT2D eigenvalue weighted by Crippen LogP contribution is 2.23. The number of amides is 1. The molecule has 0 saturated carbocycles. The minimum Gasteiger partial charge on any atom is -0.478 e. The Morgan fingerprint density at radius 1 is 1.21 bits per heavy atom. The van der Waals surface area contributed by atoms with Crippen molar-refractivity contribution in [1.82, 2.24) is 5.32 Å². The van der Waals surface area contributed by atoms with Crippen LogP contribution in [0.4, 0.5) is 5.69 Å². The van der Waals surface area contributed by atoms with Crippen molar-refractivity contribution in [2.75, 3.05) is 4.90 Å². The third kappa shape index (κ3) is 3.04. The van der Waals surface area contributed by atoms with E-state index in [9.17, 15) is 9.59 Å². The molecule has 120 valence electrons. The van der Waals surface area contributed by atoms with Gasteiger partial charge in [0.05, 0.1) is 11.3 Å². The number of thiocarbonyl (C=S) groups is 1. The maximum atomic E-state index is 12.6. The molecule has 0 spiro atoms. The molecule has 1 saturated heterocycles. The maximum Gasteiger partial charge on any atom is 0.335 e. The van der Waals surface area contributed by atoms with Crippen LogP contribution in [0.3, 0.4) is 0 Å². The third-order valence-electron chi connectivity index (χ3n) is 3.61. The first-order valence-corrected chi connectivity index (χ1v) is 7.64. The summed E-state index contributed by atoms with van der Waals surface area (Å²) in [6.07, 6.45) is 1.65. The first kappa shape index (κ1) is 15.9. The second kappa shape index (κ2) is 6.25. The Kier molecular flexibility index (Phi) is 4.14. The van der Waals surface area contributed by atoms with Crippen LogP contribution in [0.2, 0.25) is 0 Å². The predicted molar refractivity (Wildman–Crippen MR) is 95.8 cm³/mol. The SMILES string of the molecule is Cc1cccc(N2C(=O)/C(=C\c3ccc(C(=O)O)cc3)NC2=S)c1. The number of nitrogens with one attached hydrogen (secondary N) is 1. The molecule has 0 aromatic heterocycles. The van der Waals surface area contributed by atoms with Crippen LogP contribution in [0.5, 0.6) is 0 Å². The summed E-state index contributed by atoms with van der Waals surface area (Å²) in [6.45, 7) is 1.95. The Labute approximate surface area is 144 Å². The molecule has 2 aromatic rings. The molecule has 6 heteroatoms. The van der Waals surface area contributed by atoms with Gasteiger partial charge in [-0.25, -0.2) is 4.79 Å². The van der Waals surface area contributed by atoms with Crippen LogP contribution in [0.1, 0.15) is 21.5 Å². The summed E-state index contributed by atoms with van der Waals surface area (Å²) in [6, 6.07) is 13.8. The molecular weight excluding hydrogens is 324 g/mol. The van der Waals surface area contributed by atoms with Crippen molar-refractivity contribution in [2.45, 2.75) is 6.92 Å². The van der Waals surface area contributed by atoms with Gasteiger partial charge in [-0.1, -0.05) is 24.3 Å². The summed E-state index contributed by atoms with van der Waals surface area (Å²) < 4.78 is 0. The van der Waals surface area contributed by atoms with Gasteiger partial charge in [-0.05, 0) is 60.6 Å². The molecule has 1 aliphatic heterocycles. The van der Waals surface area contributed by atoms with Gasteiger partial charge in [0.25, 0.3) is 5.91 Å². The van der Waals surface area contributed by atoms with Gasteiger partial charge in [0, 0.05) is 0 Å². The number of carbonyl (C=O) groups excluding carboxylic acids is 1. The summed E-state index contributed by atoms with van der Waals surface area (Å²) in [4.78, 5) is 24.9. The highest BCUT2D eigenvalue weighted by atomic mass is 32.1. The lowest BCUT2D eigenvalue weighted by atomic mass is 10.1. The molecule has 24 heavy (non-hydrogen) atoms. The number of nitrogens with zero attached hydrogens (tertiary/aromatic N) is 1. The van der Waals surface area contributed by atoms with E-state index in [1.807, 2.05) is 31.2 Å². The minimum absolute atomic E-state index is 0.194. The van der Waals surface area contributed by atoms with Crippen LogP contribution in [-0.4, -0.2) is 22.1 Å². The average molecular weight is 338 g/mol. The quantitative estimate of drug-likeness (QED) is 0.665. The van der Waals surface area contributed by atoms with Gasteiger partial charge in [-0.3, -0.25) is 9.69 Å². The van der Waals surface area contributed by atoms with E-state index in [4.69, 9.17) is 17.3 Å². The van der Waals surface area contributed by atoms with E-state index in [-0.39, 0.29) is 11.5 Å². The van der Waals surface area contributed by atoms with Crippen molar-refractivity contribution in [3.63, 3.8) is 0 Å². The number of hydrogen-bond donors (Lipinski definition) is 2. The van der Waals surface area contributed by atoms with Gasteiger partial charge in [0.15, 0.2) is 5.11 Å². The van der Waals surface area contributed by atoms with Crippen LogP contribution in [-0.2, 0) is 4.79 Å². The molecule has 2 N–H and O–H groups in total. The van der Waals surface area contributed by atoms with E-state index < -0.39 is 5.97 Å². The third-order valence-corrected chi connectivity index (χ3v) is 3.89. The molecule has 1 amide bonds. The molecule has 1 aliphatic rings. The lowest BCUT2D eigenvalue weighted by Gasteiger charge is -2.14. The van der Waals surface area contributed by atoms with Crippen LogP contribution in [0.15, 0.2) is 54.2 Å². The van der Waals surface area contributed by atoms with Crippen molar-refractivity contribution in [3.05, 3.63) is 70.9 Å². The van der Waals surface area contributed by atoms with Crippen molar-refractivity contribution >= 4 is 41.0 Å². The number of carboxylic acid groups (broad SMARTS) is 1. The average Bonchev–Trinajstić information content (AvgIpc) is 2.82. The minimum atomic E-state index is -0.990. The smallest absolute Gasteiger partial charge is 0.335 e. The lowest BCUT2D eigenvalue weighted by Crippen LogP contribution is -2.30. The van der Waals surface area contributed by atoms with Gasteiger partial charge in [-0.2, -0.15) is 0 Å². The Hall–Kier alpha value is -2.99. The van der Waals surface area contributed by atoms with Crippen molar-refractivity contribution in [3.8, 4) is 0 Å². The van der Waals surface area contributed by atoms with Crippen LogP contribution in [0, 0.1) is 6.92 Å². The zero-order valence-electron chi connectivity index (χ0n) is 12.8. The molecule has 2 aromatic carbocycles. The van der Waals surface area contributed by atoms with Gasteiger partial charge in [-0.15, -0.1) is 0 Å². The molecule has 3 rings (SSSR count). The fraction of sp³-hybridized carbons (Fsp3) is 0.0556. The largest absolute Gasteiger partial charge is 0.478 e. The number of aryl methyl sites for hydroxylation is 1. The van der Waals surface area contributed by atoms with Crippen LogP contribution < -0.4 is 10.2 Å². The Bertz CT molecular complexity index is 872. The molecule has 1 fully saturated rings. The topological polar surface area (TPSA) is 69.6 Å². The fourth-order valence-electron chi connectivity index (χ4n) is 2.43. The van der Waals surface area contributed by atoms with Gasteiger partial charge < -0.3 is 10.4 Å². The number of carbonyl (C=O) groups is 2. The highest BCUT2D eigenvalue weighted by molar-refractivity contribution is 7.80. The first-order chi connectivity index (χ1) is 11.5. The van der Waals surface area contributed by atoms with Gasteiger partial charge in [0.1, 0.15) is 5.70 Å². The monoisotopic (exact) mass is 338 g/mol. The summed E-state index contributed by atoms with van der Waals surface area (Å²) in [5.41, 5.74) is 3.00. The number of anilines is 1. The van der Waals surface area contributed by atoms with Gasteiger partial charge in [0.2, 0.25) is 0 Å². The highest BCUT2D eigenvalue weighted by Gasteiger charge is 2.31. The molecule has 0 bridgehead atoms. The van der Waals surface area contributed by atoms with E-state index in [0.717, 1.165) is 5.56 Å². The second-order valence-electron chi connectivity index (χ2n) is 5.39. The molecule has 5 nitrogen and oxygen atoms in total. The number of aromatic carboxylic acids is 1. The summed E-state index contributed by atoms with van der Waals surface area (Å²) in [5.74, 6) is -1.23. The summed E-state index contributed by atoms with van der Waals surface area (Å²) in [7, 11) is 0. The van der Waals surface area contributed by atoms with E-state index in [1.165, 1.54) is 17.0 Å². The Balaban J connectivity index is 1.89. The second-order valence-corrected chi connectivity index (χ2v) is 5.78. The first-order valence-electron chi connectivity index (χ1n) is 7.23. The van der Waals surface area contributed by atoms with E-state index in [1.54, 1.807) is 18.2 Å². The summed E-state index contributed by atoms with van der Waals surface area (Å²) in [5, 5.41) is 12.1. The molecule has 0 aliphatic carbocycles. The molecule has 0 atom stereocenters. The maximum absolute atomic E-state index is 12.6. The molecule has 0 unspecified atom stereocenters. The normalized spacial score (nSPS) is 15.7. The zero-order chi connectivity index (χ0) is 17.3. The standard InChI is InChI=1S/C18H14N2O3S/c1-11-3-2-4-14(9-11)20-16(21)15(19-18(20)24)10-12-5-7-13(8-6-12)17(22)23/h2-10H,1H3,(H,19,24)(H,22,23)/b15-10+. The fourth-order valence-corrected chi connectivity index (χ4v) is 2.72. The Morgan fingerprint density at radius 2 is 1.92 bits per heavy atom.